The van der Waals surface area contributed by atoms with Crippen LogP contribution in [0.4, 0.5) is 0 Å². The summed E-state index contributed by atoms with van der Waals surface area (Å²) in [5, 5.41) is 2.25. The third kappa shape index (κ3) is 5.96. The van der Waals surface area contributed by atoms with Gasteiger partial charge in [0.15, 0.2) is 5.66 Å². The molecule has 0 N–H and O–H groups in total. The second-order valence-corrected chi connectivity index (χ2v) is 9.08. The molecule has 4 nitrogen and oxygen atoms in total. The van der Waals surface area contributed by atoms with Crippen molar-refractivity contribution in [3.63, 3.8) is 0 Å². The molecule has 3 unspecified atom stereocenters. The average Bonchev–Trinajstić information content (AvgIpc) is 2.68. The predicted molar refractivity (Wildman–Crippen MR) is 118 cm³/mol. The molecule has 0 aromatic heterocycles. The molecule has 6 heteroatoms. The molecule has 2 rings (SSSR count). The van der Waals surface area contributed by atoms with E-state index in [1.54, 1.807) is 18.7 Å². The minimum atomic E-state index is -0.560. The third-order valence-electron chi connectivity index (χ3n) is 4.50. The van der Waals surface area contributed by atoms with E-state index in [1.165, 1.54) is 0 Å². The molecule has 0 aliphatic heterocycles. The fourth-order valence-corrected chi connectivity index (χ4v) is 5.38. The van der Waals surface area contributed by atoms with E-state index in [0.717, 1.165) is 21.4 Å². The summed E-state index contributed by atoms with van der Waals surface area (Å²) in [5.74, 6) is 1.14. The van der Waals surface area contributed by atoms with Gasteiger partial charge in [-0.2, -0.15) is 0 Å². The van der Waals surface area contributed by atoms with Crippen molar-refractivity contribution in [2.45, 2.75) is 44.7 Å². The maximum Gasteiger partial charge on any atom is 0.329 e. The standard InChI is InChI=1S/C22H29O4PS/c1-5-25-19-12-11-16-9-7-8-10-17(16)21(19)28-14-20(27-24)18(13-15(3)4)22(23)26-6-2/h7-12,15,18,20H,5-6,13-14H2,1-4H3/p+1. The summed E-state index contributed by atoms with van der Waals surface area (Å²) < 4.78 is 23.1. The van der Waals surface area contributed by atoms with Crippen LogP contribution in [0, 0.1) is 11.8 Å². The Kier molecular flexibility index (Phi) is 9.27. The van der Waals surface area contributed by atoms with Gasteiger partial charge in [-0.25, -0.2) is 0 Å². The number of hydrogen-bond acceptors (Lipinski definition) is 5. The van der Waals surface area contributed by atoms with E-state index in [4.69, 9.17) is 9.47 Å². The van der Waals surface area contributed by atoms with Crippen molar-refractivity contribution in [1.29, 1.82) is 0 Å². The summed E-state index contributed by atoms with van der Waals surface area (Å²) in [6, 6.07) is 12.2. The van der Waals surface area contributed by atoms with Gasteiger partial charge in [0.1, 0.15) is 11.7 Å². The van der Waals surface area contributed by atoms with Crippen LogP contribution >= 0.6 is 20.2 Å². The molecule has 2 aromatic rings. The van der Waals surface area contributed by atoms with Crippen molar-refractivity contribution < 1.29 is 18.8 Å². The van der Waals surface area contributed by atoms with Crippen molar-refractivity contribution in [2.75, 3.05) is 19.0 Å². The second kappa shape index (κ2) is 11.4. The Morgan fingerprint density at radius 3 is 2.50 bits per heavy atom. The first-order chi connectivity index (χ1) is 13.5. The first kappa shape index (κ1) is 22.7. The first-order valence-corrected chi connectivity index (χ1v) is 11.8. The highest BCUT2D eigenvalue weighted by molar-refractivity contribution is 7.99. The fourth-order valence-electron chi connectivity index (χ4n) is 3.23. The molecule has 0 saturated heterocycles. The molecule has 2 aromatic carbocycles. The minimum absolute atomic E-state index is 0.242. The van der Waals surface area contributed by atoms with Crippen LogP contribution in [0.2, 0.25) is 0 Å². The molecule has 0 radical (unpaired) electrons. The molecule has 152 valence electrons. The zero-order valence-corrected chi connectivity index (χ0v) is 18.9. The average molecular weight is 422 g/mol. The maximum atomic E-state index is 12.5. The number of thioether (sulfide) groups is 1. The number of ether oxygens (including phenoxy) is 2. The van der Waals surface area contributed by atoms with E-state index in [1.807, 2.05) is 25.1 Å². The fraction of sp³-hybridized carbons (Fsp3) is 0.500. The number of carbonyl (C=O) groups is 1. The third-order valence-corrected chi connectivity index (χ3v) is 6.94. The van der Waals surface area contributed by atoms with Gasteiger partial charge in [-0.3, -0.25) is 4.79 Å². The number of benzene rings is 2. The van der Waals surface area contributed by atoms with Crippen LogP contribution < -0.4 is 4.74 Å². The van der Waals surface area contributed by atoms with E-state index in [-0.39, 0.29) is 17.5 Å². The number of fused-ring (bicyclic) bond motifs is 1. The number of hydrogen-bond donors (Lipinski definition) is 0. The van der Waals surface area contributed by atoms with Gasteiger partial charge in [0.2, 0.25) is 0 Å². The van der Waals surface area contributed by atoms with Crippen molar-refractivity contribution in [2.24, 2.45) is 11.8 Å². The zero-order chi connectivity index (χ0) is 20.5. The van der Waals surface area contributed by atoms with E-state index in [2.05, 4.69) is 32.0 Å². The molecule has 0 aliphatic carbocycles. The van der Waals surface area contributed by atoms with E-state index >= 15 is 0 Å². The minimum Gasteiger partial charge on any atom is -0.493 e. The number of carbonyl (C=O) groups excluding carboxylic acids is 1. The molecule has 0 fully saturated rings. The van der Waals surface area contributed by atoms with Crippen LogP contribution in [0.25, 0.3) is 10.8 Å². The highest BCUT2D eigenvalue weighted by atomic mass is 32.2. The summed E-state index contributed by atoms with van der Waals surface area (Å²) in [4.78, 5) is 13.5. The molecule has 0 amide bonds. The largest absolute Gasteiger partial charge is 0.493 e. The van der Waals surface area contributed by atoms with Gasteiger partial charge in [0.05, 0.1) is 18.1 Å². The highest BCUT2D eigenvalue weighted by Crippen LogP contribution is 2.39. The lowest BCUT2D eigenvalue weighted by atomic mass is 9.94. The van der Waals surface area contributed by atoms with Crippen molar-refractivity contribution >= 4 is 37.0 Å². The molecule has 0 spiro atoms. The van der Waals surface area contributed by atoms with Crippen molar-refractivity contribution in [1.82, 2.24) is 0 Å². The van der Waals surface area contributed by atoms with Crippen LogP contribution in [0.3, 0.4) is 0 Å². The monoisotopic (exact) mass is 421 g/mol. The lowest BCUT2D eigenvalue weighted by molar-refractivity contribution is -0.148. The summed E-state index contributed by atoms with van der Waals surface area (Å²) in [6.07, 6.45) is 0.674. The zero-order valence-electron chi connectivity index (χ0n) is 17.1. The molecule has 0 saturated carbocycles. The lowest BCUT2D eigenvalue weighted by Gasteiger charge is -2.19. The summed E-state index contributed by atoms with van der Waals surface area (Å²) >= 11 is 1.61. The van der Waals surface area contributed by atoms with Crippen LogP contribution in [-0.2, 0) is 14.1 Å². The normalized spacial score (nSPS) is 13.6. The maximum absolute atomic E-state index is 12.5. The Balaban J connectivity index is 2.29. The van der Waals surface area contributed by atoms with Gasteiger partial charge >= 0.3 is 14.4 Å². The van der Waals surface area contributed by atoms with Crippen LogP contribution in [0.15, 0.2) is 41.3 Å². The van der Waals surface area contributed by atoms with Gasteiger partial charge in [0, 0.05) is 5.75 Å². The number of esters is 1. The first-order valence-electron chi connectivity index (χ1n) is 9.83. The Labute approximate surface area is 173 Å². The smallest absolute Gasteiger partial charge is 0.329 e. The molecule has 0 aliphatic rings. The lowest BCUT2D eigenvalue weighted by Crippen LogP contribution is -2.29. The SMILES string of the molecule is CCOC(=O)C(CC(C)C)C(CSc1c(OCC)ccc2ccccc12)[PH+]=O. The summed E-state index contributed by atoms with van der Waals surface area (Å²) in [5.41, 5.74) is -0.250. The summed E-state index contributed by atoms with van der Waals surface area (Å²) in [6.45, 7) is 8.83. The highest BCUT2D eigenvalue weighted by Gasteiger charge is 2.36. The van der Waals surface area contributed by atoms with Crippen LogP contribution in [0.5, 0.6) is 5.75 Å². The van der Waals surface area contributed by atoms with Crippen LogP contribution in [0.1, 0.15) is 34.1 Å². The molecule has 0 heterocycles. The molecule has 0 bridgehead atoms. The van der Waals surface area contributed by atoms with Gasteiger partial charge in [-0.05, 0) is 43.0 Å². The quantitative estimate of drug-likeness (QED) is 0.255. The Bertz CT molecular complexity index is 793. The second-order valence-electron chi connectivity index (χ2n) is 7.07. The van der Waals surface area contributed by atoms with Crippen molar-refractivity contribution in [3.05, 3.63) is 36.4 Å². The Morgan fingerprint density at radius 1 is 1.11 bits per heavy atom. The number of rotatable bonds is 11. The van der Waals surface area contributed by atoms with Gasteiger partial charge in [-0.1, -0.05) is 48.7 Å². The van der Waals surface area contributed by atoms with E-state index in [9.17, 15) is 9.36 Å². The van der Waals surface area contributed by atoms with Crippen LogP contribution in [-0.4, -0.2) is 30.6 Å². The van der Waals surface area contributed by atoms with E-state index < -0.39 is 8.46 Å². The van der Waals surface area contributed by atoms with Crippen molar-refractivity contribution in [3.8, 4) is 5.75 Å². The van der Waals surface area contributed by atoms with Gasteiger partial charge in [-0.15, -0.1) is 11.8 Å². The predicted octanol–water partition coefficient (Wildman–Crippen LogP) is 5.95. The molecular weight excluding hydrogens is 391 g/mol. The molecule has 28 heavy (non-hydrogen) atoms. The molecular formula is C22H30O4PS+. The van der Waals surface area contributed by atoms with E-state index in [0.29, 0.717) is 31.3 Å². The van der Waals surface area contributed by atoms with Gasteiger partial charge < -0.3 is 9.47 Å². The molecule has 3 atom stereocenters. The van der Waals surface area contributed by atoms with Gasteiger partial charge in [0.25, 0.3) is 0 Å². The Hall–Kier alpha value is -1.58. The Morgan fingerprint density at radius 2 is 1.86 bits per heavy atom. The topological polar surface area (TPSA) is 52.6 Å². The summed E-state index contributed by atoms with van der Waals surface area (Å²) in [7, 11) is -0.560.